The van der Waals surface area contributed by atoms with E-state index in [1.54, 1.807) is 0 Å². The summed E-state index contributed by atoms with van der Waals surface area (Å²) in [6.07, 6.45) is 8.25. The number of hydrogen-bond acceptors (Lipinski definition) is 4. The summed E-state index contributed by atoms with van der Waals surface area (Å²) in [5.74, 6) is 0. The lowest BCUT2D eigenvalue weighted by atomic mass is 10.2. The van der Waals surface area contributed by atoms with Crippen LogP contribution in [0.1, 0.15) is 27.2 Å². The first-order valence-electron chi connectivity index (χ1n) is 6.28. The van der Waals surface area contributed by atoms with Gasteiger partial charge in [-0.3, -0.25) is 10.1 Å². The predicted molar refractivity (Wildman–Crippen MR) is 86.2 cm³/mol. The van der Waals surface area contributed by atoms with E-state index < -0.39 is 11.4 Å². The highest BCUT2D eigenvalue weighted by molar-refractivity contribution is 7.57. The molecule has 0 aromatic heterocycles. The highest BCUT2D eigenvalue weighted by Crippen LogP contribution is 2.30. The Kier molecular flexibility index (Phi) is 9.42. The van der Waals surface area contributed by atoms with E-state index in [1.165, 1.54) is 4.90 Å². The summed E-state index contributed by atoms with van der Waals surface area (Å²) in [4.78, 5) is 12.3. The summed E-state index contributed by atoms with van der Waals surface area (Å²) in [5.41, 5.74) is 0. The van der Waals surface area contributed by atoms with Crippen molar-refractivity contribution in [3.05, 3.63) is 0 Å². The molecule has 7 heteroatoms. The van der Waals surface area contributed by atoms with Crippen molar-refractivity contribution < 1.29 is 9.90 Å². The highest BCUT2D eigenvalue weighted by Gasteiger charge is 2.23. The second-order valence-corrected chi connectivity index (χ2v) is 7.24. The van der Waals surface area contributed by atoms with Gasteiger partial charge in [0, 0.05) is 19.1 Å². The molecule has 2 unspecified atom stereocenters. The van der Waals surface area contributed by atoms with Gasteiger partial charge in [-0.1, -0.05) is 35.9 Å². The molecule has 0 aliphatic rings. The van der Waals surface area contributed by atoms with E-state index in [4.69, 9.17) is 0 Å². The van der Waals surface area contributed by atoms with Crippen molar-refractivity contribution in [1.82, 2.24) is 15.5 Å². The molecule has 110 valence electrons. The molecule has 0 aliphatic carbocycles. The number of rotatable bonds is 11. The quantitative estimate of drug-likeness (QED) is 0.304. The van der Waals surface area contributed by atoms with Crippen LogP contribution < -0.4 is 10.6 Å². The molecule has 0 aromatic carbocycles. The van der Waals surface area contributed by atoms with Crippen molar-refractivity contribution in [1.29, 1.82) is 0 Å². The zero-order valence-corrected chi connectivity index (χ0v) is 13.8. The standard InChI is InChI=1S/C12H25N3O2P2/c1-6-10(2)13-7-8-15(9-16)11(17)14-12(3,18-4)19-5/h9-11,13-14,17H,4-8H2,1-3H3. The smallest absolute Gasteiger partial charge is 0.212 e. The van der Waals surface area contributed by atoms with E-state index in [-0.39, 0.29) is 0 Å². The molecular weight excluding hydrogens is 280 g/mol. The molecule has 0 saturated carbocycles. The number of carbonyl (C=O) groups excluding carboxylic acids is 1. The summed E-state index contributed by atoms with van der Waals surface area (Å²) in [5, 5.41) is 15.8. The molecule has 0 radical (unpaired) electrons. The Morgan fingerprint density at radius 2 is 2.05 bits per heavy atom. The number of hydrogen-bond donors (Lipinski definition) is 3. The zero-order chi connectivity index (χ0) is 14.9. The van der Waals surface area contributed by atoms with E-state index in [0.717, 1.165) is 22.8 Å². The van der Waals surface area contributed by atoms with Crippen LogP contribution >= 0.6 is 16.4 Å². The maximum Gasteiger partial charge on any atom is 0.212 e. The average Bonchev–Trinajstić information content (AvgIpc) is 2.42. The number of nitrogens with zero attached hydrogens (tertiary/aromatic N) is 1. The number of amides is 1. The van der Waals surface area contributed by atoms with E-state index in [1.807, 2.05) is 6.92 Å². The molecule has 0 spiro atoms. The SMILES string of the molecule is C=PC(C)(NC(O)N(C=O)CCNC(C)CC)P=C. The molecule has 2 atom stereocenters. The Balaban J connectivity index is 4.32. The van der Waals surface area contributed by atoms with Crippen LogP contribution in [0.25, 0.3) is 0 Å². The molecule has 0 saturated heterocycles. The fraction of sp³-hybridized carbons (Fsp3) is 0.750. The van der Waals surface area contributed by atoms with Crippen molar-refractivity contribution in [3.63, 3.8) is 0 Å². The lowest BCUT2D eigenvalue weighted by Gasteiger charge is -2.31. The van der Waals surface area contributed by atoms with E-state index >= 15 is 0 Å². The van der Waals surface area contributed by atoms with Gasteiger partial charge < -0.3 is 15.3 Å². The number of aliphatic hydroxyl groups is 1. The third-order valence-electron chi connectivity index (χ3n) is 2.94. The van der Waals surface area contributed by atoms with Crippen LogP contribution in [0.2, 0.25) is 0 Å². The molecular formula is C12H25N3O2P2. The van der Waals surface area contributed by atoms with Crippen molar-refractivity contribution in [3.8, 4) is 0 Å². The summed E-state index contributed by atoms with van der Waals surface area (Å²) in [6, 6.07) is 0.403. The lowest BCUT2D eigenvalue weighted by Crippen LogP contribution is -2.52. The van der Waals surface area contributed by atoms with Crippen LogP contribution in [0.15, 0.2) is 0 Å². The van der Waals surface area contributed by atoms with Gasteiger partial charge in [-0.2, -0.15) is 0 Å². The van der Waals surface area contributed by atoms with Gasteiger partial charge in [0.2, 0.25) is 6.41 Å². The van der Waals surface area contributed by atoms with Crippen LogP contribution in [0, 0.1) is 0 Å². The van der Waals surface area contributed by atoms with E-state index in [9.17, 15) is 9.90 Å². The van der Waals surface area contributed by atoms with Crippen molar-refractivity contribution in [2.45, 2.75) is 44.6 Å². The van der Waals surface area contributed by atoms with Crippen molar-refractivity contribution in [2.24, 2.45) is 0 Å². The molecule has 0 aromatic rings. The summed E-state index contributed by atoms with van der Waals surface area (Å²) < 4.78 is 0. The van der Waals surface area contributed by atoms with Gasteiger partial charge in [-0.25, -0.2) is 0 Å². The van der Waals surface area contributed by atoms with Gasteiger partial charge in [0.25, 0.3) is 0 Å². The van der Waals surface area contributed by atoms with Crippen molar-refractivity contribution in [2.75, 3.05) is 13.1 Å². The van der Waals surface area contributed by atoms with Gasteiger partial charge >= 0.3 is 0 Å². The molecule has 3 N–H and O–H groups in total. The molecule has 1 amide bonds. The first-order chi connectivity index (χ1) is 8.92. The Morgan fingerprint density at radius 3 is 2.47 bits per heavy atom. The zero-order valence-electron chi connectivity index (χ0n) is 12.0. The van der Waals surface area contributed by atoms with Crippen molar-refractivity contribution >= 4 is 35.4 Å². The topological polar surface area (TPSA) is 64.6 Å². The van der Waals surface area contributed by atoms with Crippen LogP contribution in [-0.2, 0) is 4.79 Å². The lowest BCUT2D eigenvalue weighted by molar-refractivity contribution is -0.129. The first-order valence-corrected chi connectivity index (χ1v) is 8.44. The number of nitrogens with one attached hydrogen (secondary N) is 2. The van der Waals surface area contributed by atoms with Crippen LogP contribution in [0.4, 0.5) is 0 Å². The molecule has 0 bridgehead atoms. The summed E-state index contributed by atoms with van der Waals surface area (Å²) >= 11 is 0. The van der Waals surface area contributed by atoms with Crippen LogP contribution in [0.3, 0.4) is 0 Å². The Bertz CT molecular complexity index is 295. The van der Waals surface area contributed by atoms with E-state index in [0.29, 0.717) is 25.5 Å². The van der Waals surface area contributed by atoms with Gasteiger partial charge in [0.15, 0.2) is 6.35 Å². The second-order valence-electron chi connectivity index (χ2n) is 4.46. The summed E-state index contributed by atoms with van der Waals surface area (Å²) in [7, 11) is 1.64. The Hall–Kier alpha value is -0.310. The summed E-state index contributed by atoms with van der Waals surface area (Å²) in [6.45, 7) is 7.17. The predicted octanol–water partition coefficient (Wildman–Crippen LogP) is 1.13. The third-order valence-corrected chi connectivity index (χ3v) is 5.28. The fourth-order valence-corrected chi connectivity index (χ4v) is 2.10. The number of carbonyl (C=O) groups is 1. The first kappa shape index (κ1) is 18.7. The highest BCUT2D eigenvalue weighted by atomic mass is 31.1. The third kappa shape index (κ3) is 7.14. The van der Waals surface area contributed by atoms with Crippen LogP contribution in [0.5, 0.6) is 0 Å². The second kappa shape index (κ2) is 9.57. The largest absolute Gasteiger partial charge is 0.361 e. The Labute approximate surface area is 119 Å². The molecule has 0 rings (SSSR count). The van der Waals surface area contributed by atoms with Gasteiger partial charge in [0.1, 0.15) is 5.02 Å². The minimum Gasteiger partial charge on any atom is -0.361 e. The van der Waals surface area contributed by atoms with E-state index in [2.05, 4.69) is 37.1 Å². The number of aliphatic hydroxyl groups excluding tert-OH is 1. The van der Waals surface area contributed by atoms with Gasteiger partial charge in [0.05, 0.1) is 0 Å². The molecule has 19 heavy (non-hydrogen) atoms. The normalized spacial score (nSPS) is 17.9. The molecule has 0 heterocycles. The average molecular weight is 305 g/mol. The molecule has 0 aliphatic heterocycles. The minimum atomic E-state index is -1.02. The minimum absolute atomic E-state index is 0.403. The molecule has 0 fully saturated rings. The van der Waals surface area contributed by atoms with Gasteiger partial charge in [-0.05, 0) is 20.3 Å². The van der Waals surface area contributed by atoms with Crippen LogP contribution in [-0.4, -0.2) is 59.5 Å². The van der Waals surface area contributed by atoms with Gasteiger partial charge in [-0.15, -0.1) is 0 Å². The maximum absolute atomic E-state index is 11.0. The maximum atomic E-state index is 11.0. The monoisotopic (exact) mass is 305 g/mol. The fourth-order valence-electron chi connectivity index (χ4n) is 1.29. The Morgan fingerprint density at radius 1 is 1.47 bits per heavy atom. The molecule has 5 nitrogen and oxygen atoms in total.